The van der Waals surface area contributed by atoms with Gasteiger partial charge in [0.1, 0.15) is 0 Å². The van der Waals surface area contributed by atoms with Crippen LogP contribution >= 0.6 is 0 Å². The van der Waals surface area contributed by atoms with E-state index < -0.39 is 9.84 Å². The van der Waals surface area contributed by atoms with E-state index in [9.17, 15) is 8.42 Å². The van der Waals surface area contributed by atoms with E-state index in [2.05, 4.69) is 14.9 Å². The topological polar surface area (TPSA) is 64.0 Å². The number of nitrogens with zero attached hydrogens (tertiary/aromatic N) is 2. The first-order valence-electron chi connectivity index (χ1n) is 7.43. The fraction of sp³-hybridized carbons (Fsp3) is 0.533. The molecule has 0 amide bonds. The van der Waals surface area contributed by atoms with Gasteiger partial charge in [0.25, 0.3) is 0 Å². The summed E-state index contributed by atoms with van der Waals surface area (Å²) in [7, 11) is -3.18. The molecule has 5 nitrogen and oxygen atoms in total. The molecule has 2 bridgehead atoms. The van der Waals surface area contributed by atoms with Gasteiger partial charge in [-0.25, -0.2) is 13.4 Å². The molecule has 1 aromatic carbocycles. The van der Waals surface area contributed by atoms with Crippen molar-refractivity contribution in [1.82, 2.24) is 14.9 Å². The SMILES string of the molecule is CS(=O)(=O)c1ccc2c(c1)ncn2C1C[C@H]2CC[C@@H](C1)N2. The zero-order valence-electron chi connectivity index (χ0n) is 12.0. The van der Waals surface area contributed by atoms with Gasteiger partial charge in [0.2, 0.25) is 0 Å². The molecule has 2 aliphatic rings. The van der Waals surface area contributed by atoms with Crippen LogP contribution in [0.15, 0.2) is 29.4 Å². The van der Waals surface area contributed by atoms with Crippen molar-refractivity contribution in [1.29, 1.82) is 0 Å². The Morgan fingerprint density at radius 1 is 1.24 bits per heavy atom. The van der Waals surface area contributed by atoms with E-state index in [4.69, 9.17) is 0 Å². The maximum Gasteiger partial charge on any atom is 0.175 e. The molecule has 1 aromatic heterocycles. The van der Waals surface area contributed by atoms with E-state index in [0.717, 1.165) is 23.9 Å². The molecule has 0 aliphatic carbocycles. The molecule has 1 unspecified atom stereocenters. The van der Waals surface area contributed by atoms with Crippen LogP contribution in [0, 0.1) is 0 Å². The Kier molecular flexibility index (Phi) is 2.87. The smallest absolute Gasteiger partial charge is 0.175 e. The molecule has 0 saturated carbocycles. The molecule has 0 spiro atoms. The number of sulfone groups is 1. The summed E-state index contributed by atoms with van der Waals surface area (Å²) in [5, 5.41) is 3.65. The van der Waals surface area contributed by atoms with Crippen LogP contribution in [0.5, 0.6) is 0 Å². The van der Waals surface area contributed by atoms with Crippen LogP contribution in [0.25, 0.3) is 11.0 Å². The Bertz CT molecular complexity index is 784. The molecule has 2 fully saturated rings. The molecule has 2 aromatic rings. The molecule has 4 rings (SSSR count). The second kappa shape index (κ2) is 4.55. The average molecular weight is 305 g/mol. The summed E-state index contributed by atoms with van der Waals surface area (Å²) in [5.74, 6) is 0. The van der Waals surface area contributed by atoms with Crippen molar-refractivity contribution in [3.63, 3.8) is 0 Å². The van der Waals surface area contributed by atoms with Crippen LogP contribution < -0.4 is 5.32 Å². The van der Waals surface area contributed by atoms with Crippen molar-refractivity contribution in [3.05, 3.63) is 24.5 Å². The summed E-state index contributed by atoms with van der Waals surface area (Å²) in [6, 6.07) is 6.98. The summed E-state index contributed by atoms with van der Waals surface area (Å²) in [4.78, 5) is 4.76. The molecular weight excluding hydrogens is 286 g/mol. The second-order valence-corrected chi connectivity index (χ2v) is 8.35. The number of rotatable bonds is 2. The third-order valence-electron chi connectivity index (χ3n) is 4.82. The van der Waals surface area contributed by atoms with E-state index in [1.165, 1.54) is 19.1 Å². The Balaban J connectivity index is 1.74. The Labute approximate surface area is 124 Å². The van der Waals surface area contributed by atoms with Gasteiger partial charge in [-0.1, -0.05) is 0 Å². The van der Waals surface area contributed by atoms with Gasteiger partial charge in [0.05, 0.1) is 22.3 Å². The van der Waals surface area contributed by atoms with Gasteiger partial charge in [0, 0.05) is 24.4 Å². The van der Waals surface area contributed by atoms with Crippen molar-refractivity contribution >= 4 is 20.9 Å². The molecule has 3 atom stereocenters. The zero-order chi connectivity index (χ0) is 14.6. The van der Waals surface area contributed by atoms with Gasteiger partial charge in [-0.3, -0.25) is 0 Å². The van der Waals surface area contributed by atoms with Gasteiger partial charge in [-0.15, -0.1) is 0 Å². The predicted octanol–water partition coefficient (Wildman–Crippen LogP) is 1.90. The third-order valence-corrected chi connectivity index (χ3v) is 5.93. The Morgan fingerprint density at radius 3 is 2.62 bits per heavy atom. The van der Waals surface area contributed by atoms with Crippen molar-refractivity contribution < 1.29 is 8.42 Å². The number of aromatic nitrogens is 2. The quantitative estimate of drug-likeness (QED) is 0.920. The highest BCUT2D eigenvalue weighted by atomic mass is 32.2. The fourth-order valence-corrected chi connectivity index (χ4v) is 4.43. The van der Waals surface area contributed by atoms with Crippen LogP contribution in [-0.4, -0.2) is 36.3 Å². The number of imidazole rings is 1. The van der Waals surface area contributed by atoms with Crippen LogP contribution in [0.1, 0.15) is 31.7 Å². The lowest BCUT2D eigenvalue weighted by Crippen LogP contribution is -2.38. The standard InChI is InChI=1S/C15H19N3O2S/c1-21(19,20)13-4-5-15-14(8-13)16-9-18(15)12-6-10-2-3-11(7-12)17-10/h4-5,8-12,17H,2-3,6-7H2,1H3/t10-,11+,12?. The summed E-state index contributed by atoms with van der Waals surface area (Å²) >= 11 is 0. The van der Waals surface area contributed by atoms with Crippen molar-refractivity contribution in [2.75, 3.05) is 6.26 Å². The van der Waals surface area contributed by atoms with E-state index in [-0.39, 0.29) is 0 Å². The maximum absolute atomic E-state index is 11.6. The summed E-state index contributed by atoms with van der Waals surface area (Å²) in [6.45, 7) is 0. The number of hydrogen-bond acceptors (Lipinski definition) is 4. The highest BCUT2D eigenvalue weighted by Gasteiger charge is 2.34. The third kappa shape index (κ3) is 2.26. The average Bonchev–Trinajstić information content (AvgIpc) is 3.00. The highest BCUT2D eigenvalue weighted by molar-refractivity contribution is 7.90. The van der Waals surface area contributed by atoms with Gasteiger partial charge in [-0.2, -0.15) is 0 Å². The molecule has 3 heterocycles. The minimum absolute atomic E-state index is 0.339. The van der Waals surface area contributed by atoms with Gasteiger partial charge in [-0.05, 0) is 43.9 Å². The zero-order valence-corrected chi connectivity index (χ0v) is 12.8. The summed E-state index contributed by atoms with van der Waals surface area (Å²) in [5.41, 5.74) is 1.80. The van der Waals surface area contributed by atoms with E-state index in [0.29, 0.717) is 23.0 Å². The lowest BCUT2D eigenvalue weighted by atomic mass is 9.99. The number of fused-ring (bicyclic) bond motifs is 3. The van der Waals surface area contributed by atoms with Crippen LogP contribution in [0.2, 0.25) is 0 Å². The number of nitrogens with one attached hydrogen (secondary N) is 1. The molecule has 2 saturated heterocycles. The molecule has 2 aliphatic heterocycles. The van der Waals surface area contributed by atoms with E-state index >= 15 is 0 Å². The molecule has 112 valence electrons. The number of hydrogen-bond donors (Lipinski definition) is 1. The van der Waals surface area contributed by atoms with Gasteiger partial charge < -0.3 is 9.88 Å². The normalized spacial score (nSPS) is 29.1. The van der Waals surface area contributed by atoms with Crippen molar-refractivity contribution in [2.24, 2.45) is 0 Å². The maximum atomic E-state index is 11.6. The van der Waals surface area contributed by atoms with E-state index in [1.807, 2.05) is 12.4 Å². The Hall–Kier alpha value is -1.40. The first kappa shape index (κ1) is 13.3. The van der Waals surface area contributed by atoms with Crippen LogP contribution in [0.4, 0.5) is 0 Å². The second-order valence-electron chi connectivity index (χ2n) is 6.34. The van der Waals surface area contributed by atoms with E-state index in [1.54, 1.807) is 12.1 Å². The molecule has 21 heavy (non-hydrogen) atoms. The first-order chi connectivity index (χ1) is 10.0. The minimum Gasteiger partial charge on any atom is -0.327 e. The lowest BCUT2D eigenvalue weighted by molar-refractivity contribution is 0.303. The highest BCUT2D eigenvalue weighted by Crippen LogP contribution is 2.35. The molecular formula is C15H19N3O2S. The predicted molar refractivity (Wildman–Crippen MR) is 81.1 cm³/mol. The summed E-state index contributed by atoms with van der Waals surface area (Å²) in [6.07, 6.45) is 7.91. The minimum atomic E-state index is -3.18. The largest absolute Gasteiger partial charge is 0.327 e. The number of benzene rings is 1. The monoisotopic (exact) mass is 305 g/mol. The lowest BCUT2D eigenvalue weighted by Gasteiger charge is -2.30. The van der Waals surface area contributed by atoms with Crippen molar-refractivity contribution in [2.45, 2.75) is 48.7 Å². The molecule has 1 N–H and O–H groups in total. The first-order valence-corrected chi connectivity index (χ1v) is 9.32. The van der Waals surface area contributed by atoms with Gasteiger partial charge >= 0.3 is 0 Å². The fourth-order valence-electron chi connectivity index (χ4n) is 3.79. The van der Waals surface area contributed by atoms with Gasteiger partial charge in [0.15, 0.2) is 9.84 Å². The van der Waals surface area contributed by atoms with Crippen molar-refractivity contribution in [3.8, 4) is 0 Å². The number of piperidine rings is 1. The molecule has 6 heteroatoms. The van der Waals surface area contributed by atoms with Crippen LogP contribution in [-0.2, 0) is 9.84 Å². The summed E-state index contributed by atoms with van der Waals surface area (Å²) < 4.78 is 25.5. The molecule has 0 radical (unpaired) electrons. The van der Waals surface area contributed by atoms with Crippen LogP contribution in [0.3, 0.4) is 0 Å². The Morgan fingerprint density at radius 2 is 1.95 bits per heavy atom.